The standard InChI is InChI=1S/C20H20N4O.2C18H17N5/c1-12-19(13(2)25-23-12)18-11-22-20-17(18)9-15(10-21-20)14-5-7-16(8-6-14)24(3)4;1-23(2)14-5-3-12(4-6-14)13-7-15-16(17-10-19-11-22-17)9-21-18(15)20-8-13;1-23(2)14-5-3-12(4-6-14)13-9-15-16(18-19-7-8-20-18)11-22-17(15)21-10-13/h5-11H,1-4H3,(H,21,22);3-11H,1-2H3,(H,19,22)(H,20,21);3-11H,1-2H3,(H,19,20)(H,21,22). The van der Waals surface area contributed by atoms with E-state index in [1.165, 1.54) is 17.1 Å². The number of imidazole rings is 2. The Morgan fingerprint density at radius 2 is 0.887 bits per heavy atom. The average molecular weight is 939 g/mol. The van der Waals surface area contributed by atoms with Crippen molar-refractivity contribution in [1.29, 1.82) is 0 Å². The third kappa shape index (κ3) is 9.35. The molecule has 0 atom stereocenters. The molecule has 0 unspecified atom stereocenters. The summed E-state index contributed by atoms with van der Waals surface area (Å²) in [6.45, 7) is 3.90. The maximum absolute atomic E-state index is 5.33. The normalized spacial score (nSPS) is 11.1. The van der Waals surface area contributed by atoms with Crippen LogP contribution in [-0.2, 0) is 0 Å². The summed E-state index contributed by atoms with van der Waals surface area (Å²) in [5.41, 5.74) is 19.0. The van der Waals surface area contributed by atoms with E-state index >= 15 is 0 Å². The van der Waals surface area contributed by atoms with Crippen molar-refractivity contribution in [2.75, 3.05) is 57.0 Å². The van der Waals surface area contributed by atoms with Gasteiger partial charge in [0.2, 0.25) is 0 Å². The zero-order valence-electron chi connectivity index (χ0n) is 40.9. The number of anilines is 3. The number of hydrogen-bond acceptors (Lipinski definition) is 10. The van der Waals surface area contributed by atoms with Crippen LogP contribution in [0.1, 0.15) is 11.5 Å². The largest absolute Gasteiger partial charge is 0.378 e. The van der Waals surface area contributed by atoms with Gasteiger partial charge in [0.15, 0.2) is 0 Å². The Bertz CT molecular complexity index is 3510. The second-order valence-electron chi connectivity index (χ2n) is 17.9. The zero-order chi connectivity index (χ0) is 49.2. The molecule has 354 valence electrons. The number of benzene rings is 3. The third-order valence-electron chi connectivity index (χ3n) is 12.6. The number of aromatic amines is 5. The number of nitrogens with zero attached hydrogens (tertiary/aromatic N) is 9. The number of nitrogens with one attached hydrogen (secondary N) is 5. The molecule has 0 saturated heterocycles. The molecule has 9 aromatic heterocycles. The molecule has 15 nitrogen and oxygen atoms in total. The first-order chi connectivity index (χ1) is 34.5. The number of aromatic nitrogens is 11. The first kappa shape index (κ1) is 45.5. The molecule has 0 radical (unpaired) electrons. The number of rotatable bonds is 9. The number of hydrogen-bond donors (Lipinski definition) is 5. The Morgan fingerprint density at radius 3 is 1.28 bits per heavy atom. The first-order valence-electron chi connectivity index (χ1n) is 23.2. The second-order valence-corrected chi connectivity index (χ2v) is 17.9. The maximum Gasteiger partial charge on any atom is 0.141 e. The van der Waals surface area contributed by atoms with Gasteiger partial charge in [-0.2, -0.15) is 0 Å². The van der Waals surface area contributed by atoms with Crippen LogP contribution in [-0.4, -0.2) is 97.3 Å². The Balaban J connectivity index is 0.000000123. The minimum atomic E-state index is 0.819. The van der Waals surface area contributed by atoms with Crippen LogP contribution in [0.15, 0.2) is 158 Å². The molecule has 0 aliphatic carbocycles. The van der Waals surface area contributed by atoms with Gasteiger partial charge in [-0.15, -0.1) is 0 Å². The van der Waals surface area contributed by atoms with Gasteiger partial charge < -0.3 is 44.1 Å². The zero-order valence-corrected chi connectivity index (χ0v) is 40.9. The number of pyridine rings is 3. The molecular formula is C56H54N14O. The lowest BCUT2D eigenvalue weighted by atomic mass is 10.0. The van der Waals surface area contributed by atoms with Gasteiger partial charge in [-0.1, -0.05) is 41.6 Å². The fourth-order valence-corrected chi connectivity index (χ4v) is 8.65. The van der Waals surface area contributed by atoms with Crippen molar-refractivity contribution < 1.29 is 4.52 Å². The van der Waals surface area contributed by atoms with E-state index in [0.29, 0.717) is 0 Å². The molecule has 12 aromatic rings. The molecular weight excluding hydrogens is 885 g/mol. The predicted octanol–water partition coefficient (Wildman–Crippen LogP) is 11.9. The van der Waals surface area contributed by atoms with E-state index in [4.69, 9.17) is 4.52 Å². The van der Waals surface area contributed by atoms with Gasteiger partial charge in [-0.25, -0.2) is 24.9 Å². The molecule has 3 aromatic carbocycles. The molecule has 71 heavy (non-hydrogen) atoms. The van der Waals surface area contributed by atoms with Crippen molar-refractivity contribution in [1.82, 2.24) is 55.0 Å². The van der Waals surface area contributed by atoms with Crippen LogP contribution >= 0.6 is 0 Å². The quantitative estimate of drug-likeness (QED) is 0.0935. The van der Waals surface area contributed by atoms with E-state index in [2.05, 4.69) is 161 Å². The fraction of sp³-hybridized carbons (Fsp3) is 0.143. The van der Waals surface area contributed by atoms with Gasteiger partial charge in [0.25, 0.3) is 0 Å². The minimum Gasteiger partial charge on any atom is -0.378 e. The van der Waals surface area contributed by atoms with Crippen molar-refractivity contribution in [3.63, 3.8) is 0 Å². The minimum absolute atomic E-state index is 0.819. The second kappa shape index (κ2) is 19.4. The summed E-state index contributed by atoms with van der Waals surface area (Å²) in [5.74, 6) is 1.66. The highest BCUT2D eigenvalue weighted by atomic mass is 16.5. The summed E-state index contributed by atoms with van der Waals surface area (Å²) >= 11 is 0. The van der Waals surface area contributed by atoms with Crippen molar-refractivity contribution in [2.45, 2.75) is 13.8 Å². The predicted molar refractivity (Wildman–Crippen MR) is 288 cm³/mol. The number of aryl methyl sites for hydroxylation is 2. The molecule has 0 spiro atoms. The maximum atomic E-state index is 5.33. The van der Waals surface area contributed by atoms with Crippen LogP contribution in [0.25, 0.3) is 100 Å². The lowest BCUT2D eigenvalue weighted by Gasteiger charge is -2.12. The average Bonchev–Trinajstić information content (AvgIpc) is 4.27. The highest BCUT2D eigenvalue weighted by Crippen LogP contribution is 2.36. The Kier molecular flexibility index (Phi) is 12.4. The molecule has 12 rings (SSSR count). The summed E-state index contributed by atoms with van der Waals surface area (Å²) in [4.78, 5) is 44.3. The van der Waals surface area contributed by atoms with Gasteiger partial charge in [0, 0.05) is 164 Å². The fourth-order valence-electron chi connectivity index (χ4n) is 8.65. The van der Waals surface area contributed by atoms with Crippen LogP contribution < -0.4 is 14.7 Å². The summed E-state index contributed by atoms with van der Waals surface area (Å²) in [5, 5.41) is 7.30. The highest BCUT2D eigenvalue weighted by molar-refractivity contribution is 5.98. The Hall–Kier alpha value is -9.24. The molecule has 0 amide bonds. The van der Waals surface area contributed by atoms with Crippen LogP contribution in [0.3, 0.4) is 0 Å². The molecule has 9 heterocycles. The SMILES string of the molecule is CN(C)c1ccc(-c2cnc3[nH]cc(-c4cnc[nH]4)c3c2)cc1.CN(C)c1ccc(-c2cnc3[nH]cc(-c4ncc[nH]4)c3c2)cc1.Cc1noc(C)c1-c1c[nH]c2ncc(-c3ccc(N(C)C)cc3)cc12. The smallest absolute Gasteiger partial charge is 0.141 e. The van der Waals surface area contributed by atoms with Gasteiger partial charge in [0.05, 0.1) is 23.9 Å². The summed E-state index contributed by atoms with van der Waals surface area (Å²) in [6, 6.07) is 31.9. The topological polar surface area (TPSA) is 179 Å². The number of fused-ring (bicyclic) bond motifs is 3. The van der Waals surface area contributed by atoms with Gasteiger partial charge in [-0.05, 0) is 85.1 Å². The lowest BCUT2D eigenvalue weighted by Crippen LogP contribution is -2.07. The number of H-pyrrole nitrogens is 5. The summed E-state index contributed by atoms with van der Waals surface area (Å²) in [7, 11) is 12.2. The molecule has 0 aliphatic rings. The molecule has 0 bridgehead atoms. The van der Waals surface area contributed by atoms with Gasteiger partial charge in [0.1, 0.15) is 28.5 Å². The van der Waals surface area contributed by atoms with Crippen LogP contribution in [0.5, 0.6) is 0 Å². The summed E-state index contributed by atoms with van der Waals surface area (Å²) in [6.07, 6.45) is 18.7. The van der Waals surface area contributed by atoms with Crippen molar-refractivity contribution in [2.24, 2.45) is 0 Å². The van der Waals surface area contributed by atoms with E-state index in [9.17, 15) is 0 Å². The summed E-state index contributed by atoms with van der Waals surface area (Å²) < 4.78 is 5.33. The van der Waals surface area contributed by atoms with E-state index in [-0.39, 0.29) is 0 Å². The van der Waals surface area contributed by atoms with Crippen LogP contribution in [0.4, 0.5) is 17.1 Å². The Morgan fingerprint density at radius 1 is 0.451 bits per heavy atom. The molecule has 0 saturated carbocycles. The van der Waals surface area contributed by atoms with Crippen LogP contribution in [0.2, 0.25) is 0 Å². The molecule has 0 fully saturated rings. The monoisotopic (exact) mass is 938 g/mol. The van der Waals surface area contributed by atoms with Crippen molar-refractivity contribution in [3.05, 3.63) is 165 Å². The third-order valence-corrected chi connectivity index (χ3v) is 12.6. The van der Waals surface area contributed by atoms with E-state index in [1.54, 1.807) is 12.5 Å². The van der Waals surface area contributed by atoms with Crippen LogP contribution in [0, 0.1) is 13.8 Å². The first-order valence-corrected chi connectivity index (χ1v) is 23.2. The van der Waals surface area contributed by atoms with Gasteiger partial charge >= 0.3 is 0 Å². The molecule has 5 N–H and O–H groups in total. The van der Waals surface area contributed by atoms with E-state index < -0.39 is 0 Å². The van der Waals surface area contributed by atoms with Gasteiger partial charge in [-0.3, -0.25) is 0 Å². The van der Waals surface area contributed by atoms with Crippen molar-refractivity contribution in [3.8, 4) is 67.2 Å². The molecule has 0 aliphatic heterocycles. The van der Waals surface area contributed by atoms with E-state index in [1.807, 2.05) is 106 Å². The van der Waals surface area contributed by atoms with E-state index in [0.717, 1.165) is 112 Å². The molecule has 15 heteroatoms. The highest BCUT2D eigenvalue weighted by Gasteiger charge is 2.17. The Labute approximate surface area is 410 Å². The lowest BCUT2D eigenvalue weighted by molar-refractivity contribution is 0.393. The van der Waals surface area contributed by atoms with Crippen molar-refractivity contribution >= 4 is 50.2 Å².